The summed E-state index contributed by atoms with van der Waals surface area (Å²) in [5, 5.41) is 0. The van der Waals surface area contributed by atoms with Crippen molar-refractivity contribution in [1.82, 2.24) is 4.98 Å². The van der Waals surface area contributed by atoms with E-state index < -0.39 is 0 Å². The van der Waals surface area contributed by atoms with E-state index >= 15 is 0 Å². The summed E-state index contributed by atoms with van der Waals surface area (Å²) in [5.74, 6) is 0.724. The van der Waals surface area contributed by atoms with Gasteiger partial charge in [-0.1, -0.05) is 36.8 Å². The third-order valence-electron chi connectivity index (χ3n) is 3.44. The highest BCUT2D eigenvalue weighted by molar-refractivity contribution is 5.31. The number of nitrogens with zero attached hydrogens (tertiary/aromatic N) is 1. The zero-order valence-electron chi connectivity index (χ0n) is 12.6. The Morgan fingerprint density at radius 1 is 1.05 bits per heavy atom. The smallest absolute Gasteiger partial charge is 0.213 e. The first-order chi connectivity index (χ1) is 9.69. The highest BCUT2D eigenvalue weighted by atomic mass is 16.5. The molecule has 106 valence electrons. The van der Waals surface area contributed by atoms with Crippen molar-refractivity contribution in [1.29, 1.82) is 0 Å². The fourth-order valence-corrected chi connectivity index (χ4v) is 2.20. The molecule has 0 aliphatic rings. The van der Waals surface area contributed by atoms with Crippen molar-refractivity contribution < 1.29 is 4.74 Å². The zero-order valence-corrected chi connectivity index (χ0v) is 12.6. The second kappa shape index (κ2) is 7.09. The molecular weight excluding hydrogens is 246 g/mol. The van der Waals surface area contributed by atoms with Crippen molar-refractivity contribution in [3.8, 4) is 5.88 Å². The molecule has 20 heavy (non-hydrogen) atoms. The van der Waals surface area contributed by atoms with Crippen LogP contribution < -0.4 is 4.74 Å². The Morgan fingerprint density at radius 3 is 2.60 bits per heavy atom. The van der Waals surface area contributed by atoms with Crippen LogP contribution in [0.15, 0.2) is 36.5 Å². The maximum Gasteiger partial charge on any atom is 0.213 e. The predicted molar refractivity (Wildman–Crippen MR) is 83.3 cm³/mol. The van der Waals surface area contributed by atoms with Crippen LogP contribution in [0, 0.1) is 13.8 Å². The van der Waals surface area contributed by atoms with Crippen molar-refractivity contribution in [3.63, 3.8) is 0 Å². The van der Waals surface area contributed by atoms with Crippen LogP contribution in [0.2, 0.25) is 0 Å². The number of aryl methyl sites for hydroxylation is 4. The molecule has 1 aromatic heterocycles. The number of hydrogen-bond acceptors (Lipinski definition) is 2. The lowest BCUT2D eigenvalue weighted by molar-refractivity contribution is 0.305. The molecule has 2 rings (SSSR count). The minimum absolute atomic E-state index is 0.724. The molecule has 0 spiro atoms. The van der Waals surface area contributed by atoms with E-state index in [2.05, 4.69) is 50.0 Å². The Kier molecular flexibility index (Phi) is 5.16. The highest BCUT2D eigenvalue weighted by Crippen LogP contribution is 2.15. The maximum absolute atomic E-state index is 5.50. The Bertz CT molecular complexity index is 546. The van der Waals surface area contributed by atoms with E-state index in [0.717, 1.165) is 31.7 Å². The fourth-order valence-electron chi connectivity index (χ4n) is 2.20. The molecule has 2 nitrogen and oxygen atoms in total. The van der Waals surface area contributed by atoms with Gasteiger partial charge in [0.2, 0.25) is 5.88 Å². The summed E-state index contributed by atoms with van der Waals surface area (Å²) in [6, 6.07) is 10.7. The lowest BCUT2D eigenvalue weighted by Crippen LogP contribution is -1.99. The van der Waals surface area contributed by atoms with Crippen molar-refractivity contribution >= 4 is 0 Å². The topological polar surface area (TPSA) is 22.1 Å². The molecule has 0 atom stereocenters. The summed E-state index contributed by atoms with van der Waals surface area (Å²) in [4.78, 5) is 4.35. The van der Waals surface area contributed by atoms with Gasteiger partial charge in [0.1, 0.15) is 0 Å². The Labute approximate surface area is 121 Å². The lowest BCUT2D eigenvalue weighted by Gasteiger charge is -2.08. The Balaban J connectivity index is 1.95. The molecule has 0 N–H and O–H groups in total. The quantitative estimate of drug-likeness (QED) is 0.781. The number of pyridine rings is 1. The number of benzene rings is 1. The largest absolute Gasteiger partial charge is 0.478 e. The van der Waals surface area contributed by atoms with Crippen molar-refractivity contribution in [2.24, 2.45) is 0 Å². The van der Waals surface area contributed by atoms with Crippen LogP contribution >= 0.6 is 0 Å². The van der Waals surface area contributed by atoms with Gasteiger partial charge in [-0.3, -0.25) is 0 Å². The van der Waals surface area contributed by atoms with Crippen LogP contribution in [-0.4, -0.2) is 11.6 Å². The van der Waals surface area contributed by atoms with E-state index in [0.29, 0.717) is 0 Å². The van der Waals surface area contributed by atoms with Gasteiger partial charge in [-0.15, -0.1) is 0 Å². The SMILES string of the molecule is CCCOc1ccc(CCc2cc(C)ccc2C)cn1. The van der Waals surface area contributed by atoms with Crippen LogP contribution in [0.25, 0.3) is 0 Å². The lowest BCUT2D eigenvalue weighted by atomic mass is 9.99. The van der Waals surface area contributed by atoms with Gasteiger partial charge >= 0.3 is 0 Å². The second-order valence-corrected chi connectivity index (χ2v) is 5.28. The summed E-state index contributed by atoms with van der Waals surface area (Å²) >= 11 is 0. The summed E-state index contributed by atoms with van der Waals surface area (Å²) in [6.07, 6.45) is 5.02. The van der Waals surface area contributed by atoms with Gasteiger partial charge < -0.3 is 4.74 Å². The second-order valence-electron chi connectivity index (χ2n) is 5.28. The van der Waals surface area contributed by atoms with Crippen LogP contribution in [0.3, 0.4) is 0 Å². The normalized spacial score (nSPS) is 10.6. The molecular formula is C18H23NO. The standard InChI is InChI=1S/C18H23NO/c1-4-11-20-18-10-8-16(13-19-18)7-9-17-12-14(2)5-6-15(17)3/h5-6,8,10,12-13H,4,7,9,11H2,1-3H3. The molecule has 2 aromatic rings. The third-order valence-corrected chi connectivity index (χ3v) is 3.44. The van der Waals surface area contributed by atoms with Crippen LogP contribution in [0.1, 0.15) is 35.6 Å². The van der Waals surface area contributed by atoms with Gasteiger partial charge in [0.05, 0.1) is 6.61 Å². The Hall–Kier alpha value is -1.83. The molecule has 0 amide bonds. The third kappa shape index (κ3) is 4.09. The summed E-state index contributed by atoms with van der Waals surface area (Å²) in [6.45, 7) is 7.15. The number of ether oxygens (including phenoxy) is 1. The number of hydrogen-bond donors (Lipinski definition) is 0. The molecule has 0 fully saturated rings. The van der Waals surface area contributed by atoms with E-state index in [1.807, 2.05) is 12.3 Å². The molecule has 0 saturated carbocycles. The molecule has 0 unspecified atom stereocenters. The molecule has 0 saturated heterocycles. The van der Waals surface area contributed by atoms with Gasteiger partial charge in [-0.05, 0) is 49.8 Å². The van der Waals surface area contributed by atoms with E-state index in [9.17, 15) is 0 Å². The molecule has 0 bridgehead atoms. The Morgan fingerprint density at radius 2 is 1.90 bits per heavy atom. The van der Waals surface area contributed by atoms with E-state index in [1.165, 1.54) is 22.3 Å². The van der Waals surface area contributed by atoms with Gasteiger partial charge in [-0.25, -0.2) is 4.98 Å². The van der Waals surface area contributed by atoms with Gasteiger partial charge in [-0.2, -0.15) is 0 Å². The summed E-state index contributed by atoms with van der Waals surface area (Å²) in [7, 11) is 0. The maximum atomic E-state index is 5.50. The monoisotopic (exact) mass is 269 g/mol. The molecule has 0 radical (unpaired) electrons. The van der Waals surface area contributed by atoms with Gasteiger partial charge in [0, 0.05) is 12.3 Å². The average molecular weight is 269 g/mol. The predicted octanol–water partition coefficient (Wildman–Crippen LogP) is 4.27. The fraction of sp³-hybridized carbons (Fsp3) is 0.389. The number of rotatable bonds is 6. The zero-order chi connectivity index (χ0) is 14.4. The van der Waals surface area contributed by atoms with Crippen LogP contribution in [0.4, 0.5) is 0 Å². The summed E-state index contributed by atoms with van der Waals surface area (Å²) < 4.78 is 5.50. The van der Waals surface area contributed by atoms with Gasteiger partial charge in [0.25, 0.3) is 0 Å². The first kappa shape index (κ1) is 14.6. The van der Waals surface area contributed by atoms with Crippen molar-refractivity contribution in [2.75, 3.05) is 6.61 Å². The van der Waals surface area contributed by atoms with E-state index in [1.54, 1.807) is 0 Å². The van der Waals surface area contributed by atoms with Crippen molar-refractivity contribution in [3.05, 3.63) is 58.8 Å². The van der Waals surface area contributed by atoms with E-state index in [-0.39, 0.29) is 0 Å². The van der Waals surface area contributed by atoms with Crippen molar-refractivity contribution in [2.45, 2.75) is 40.0 Å². The minimum atomic E-state index is 0.724. The number of aromatic nitrogens is 1. The van der Waals surface area contributed by atoms with Crippen LogP contribution in [-0.2, 0) is 12.8 Å². The first-order valence-corrected chi connectivity index (χ1v) is 7.33. The minimum Gasteiger partial charge on any atom is -0.478 e. The summed E-state index contributed by atoms with van der Waals surface area (Å²) in [5.41, 5.74) is 5.38. The van der Waals surface area contributed by atoms with Crippen LogP contribution in [0.5, 0.6) is 5.88 Å². The molecule has 0 aliphatic heterocycles. The first-order valence-electron chi connectivity index (χ1n) is 7.33. The molecule has 0 aliphatic carbocycles. The molecule has 1 aromatic carbocycles. The molecule has 2 heteroatoms. The average Bonchev–Trinajstić information content (AvgIpc) is 2.47. The van der Waals surface area contributed by atoms with E-state index in [4.69, 9.17) is 4.74 Å². The van der Waals surface area contributed by atoms with Gasteiger partial charge in [0.15, 0.2) is 0 Å². The molecule has 1 heterocycles. The highest BCUT2D eigenvalue weighted by Gasteiger charge is 2.01.